The predicted octanol–water partition coefficient (Wildman–Crippen LogP) is 0.909. The zero-order chi connectivity index (χ0) is 13.2. The first-order valence-electron chi connectivity index (χ1n) is 4.83. The first kappa shape index (κ1) is 12.1. The molecule has 7 nitrogen and oxygen atoms in total. The van der Waals surface area contributed by atoms with Crippen molar-refractivity contribution in [3.8, 4) is 0 Å². The van der Waals surface area contributed by atoms with Crippen molar-refractivity contribution in [3.63, 3.8) is 0 Å². The van der Waals surface area contributed by atoms with Crippen LogP contribution in [-0.2, 0) is 10.0 Å². The van der Waals surface area contributed by atoms with Crippen molar-refractivity contribution in [3.05, 3.63) is 42.5 Å². The van der Waals surface area contributed by atoms with Gasteiger partial charge in [-0.15, -0.1) is 0 Å². The molecule has 2 aromatic rings. The second-order valence-electron chi connectivity index (χ2n) is 3.40. The SMILES string of the molecule is O=C(O)c1cc(S(=O)(=O)Nc2cccnc2)c[nH]1. The molecule has 0 radical (unpaired) electrons. The first-order chi connectivity index (χ1) is 8.49. The first-order valence-corrected chi connectivity index (χ1v) is 6.32. The largest absolute Gasteiger partial charge is 0.477 e. The van der Waals surface area contributed by atoms with Crippen LogP contribution < -0.4 is 4.72 Å². The summed E-state index contributed by atoms with van der Waals surface area (Å²) in [5.74, 6) is -1.22. The number of sulfonamides is 1. The maximum atomic E-state index is 11.9. The van der Waals surface area contributed by atoms with Crippen LogP contribution in [0.2, 0.25) is 0 Å². The van der Waals surface area contributed by atoms with E-state index in [-0.39, 0.29) is 10.6 Å². The number of aromatic nitrogens is 2. The quantitative estimate of drug-likeness (QED) is 0.762. The molecule has 0 aliphatic rings. The molecule has 2 rings (SSSR count). The molecule has 0 spiro atoms. The Bertz CT molecular complexity index is 663. The Morgan fingerprint density at radius 1 is 1.44 bits per heavy atom. The third kappa shape index (κ3) is 2.48. The summed E-state index contributed by atoms with van der Waals surface area (Å²) in [5.41, 5.74) is 0.108. The van der Waals surface area contributed by atoms with Crippen molar-refractivity contribution in [2.24, 2.45) is 0 Å². The zero-order valence-corrected chi connectivity index (χ0v) is 9.81. The number of H-pyrrole nitrogens is 1. The minimum absolute atomic E-state index is 0.149. The topological polar surface area (TPSA) is 112 Å². The van der Waals surface area contributed by atoms with Gasteiger partial charge in [0.2, 0.25) is 0 Å². The van der Waals surface area contributed by atoms with Crippen LogP contribution in [-0.4, -0.2) is 29.5 Å². The number of rotatable bonds is 4. The molecule has 0 fully saturated rings. The van der Waals surface area contributed by atoms with E-state index < -0.39 is 16.0 Å². The minimum atomic E-state index is -3.81. The highest BCUT2D eigenvalue weighted by molar-refractivity contribution is 7.92. The molecule has 2 aromatic heterocycles. The van der Waals surface area contributed by atoms with Gasteiger partial charge in [-0.1, -0.05) is 0 Å². The van der Waals surface area contributed by atoms with Crippen LogP contribution in [0.3, 0.4) is 0 Å². The summed E-state index contributed by atoms with van der Waals surface area (Å²) in [5, 5.41) is 8.70. The van der Waals surface area contributed by atoms with Crippen molar-refractivity contribution in [2.75, 3.05) is 4.72 Å². The fraction of sp³-hybridized carbons (Fsp3) is 0. The molecule has 0 atom stereocenters. The number of carboxylic acids is 1. The highest BCUT2D eigenvalue weighted by Crippen LogP contribution is 2.15. The summed E-state index contributed by atoms with van der Waals surface area (Å²) in [6.45, 7) is 0. The van der Waals surface area contributed by atoms with E-state index in [0.29, 0.717) is 5.69 Å². The van der Waals surface area contributed by atoms with Crippen LogP contribution in [0.25, 0.3) is 0 Å². The number of carboxylic acid groups (broad SMARTS) is 1. The fourth-order valence-corrected chi connectivity index (χ4v) is 2.33. The monoisotopic (exact) mass is 267 g/mol. The summed E-state index contributed by atoms with van der Waals surface area (Å²) in [4.78, 5) is 16.6. The maximum Gasteiger partial charge on any atom is 0.352 e. The number of hydrogen-bond acceptors (Lipinski definition) is 4. The Morgan fingerprint density at radius 2 is 2.22 bits per heavy atom. The summed E-state index contributed by atoms with van der Waals surface area (Å²) in [7, 11) is -3.81. The molecule has 0 aromatic carbocycles. The molecule has 0 saturated carbocycles. The van der Waals surface area contributed by atoms with E-state index in [1.54, 1.807) is 6.07 Å². The lowest BCUT2D eigenvalue weighted by Crippen LogP contribution is -2.12. The van der Waals surface area contributed by atoms with E-state index in [1.165, 1.54) is 18.5 Å². The molecular formula is C10H9N3O4S. The lowest BCUT2D eigenvalue weighted by molar-refractivity contribution is 0.0691. The molecule has 0 bridgehead atoms. The van der Waals surface area contributed by atoms with Crippen molar-refractivity contribution in [1.29, 1.82) is 0 Å². The lowest BCUT2D eigenvalue weighted by Gasteiger charge is -2.04. The number of aromatic amines is 1. The van der Waals surface area contributed by atoms with Crippen LogP contribution in [0.5, 0.6) is 0 Å². The molecule has 8 heteroatoms. The van der Waals surface area contributed by atoms with Gasteiger partial charge in [0.15, 0.2) is 0 Å². The van der Waals surface area contributed by atoms with Gasteiger partial charge in [0.1, 0.15) is 10.6 Å². The van der Waals surface area contributed by atoms with Gasteiger partial charge >= 0.3 is 5.97 Å². The Morgan fingerprint density at radius 3 is 2.78 bits per heavy atom. The van der Waals surface area contributed by atoms with Crippen LogP contribution >= 0.6 is 0 Å². The number of nitrogens with zero attached hydrogens (tertiary/aromatic N) is 1. The van der Waals surface area contributed by atoms with Gasteiger partial charge in [0, 0.05) is 12.4 Å². The molecular weight excluding hydrogens is 258 g/mol. The van der Waals surface area contributed by atoms with Gasteiger partial charge in [-0.25, -0.2) is 13.2 Å². The molecule has 18 heavy (non-hydrogen) atoms. The number of carbonyl (C=O) groups is 1. The van der Waals surface area contributed by atoms with Crippen LogP contribution in [0.4, 0.5) is 5.69 Å². The van der Waals surface area contributed by atoms with Gasteiger partial charge in [-0.2, -0.15) is 0 Å². The van der Waals surface area contributed by atoms with Gasteiger partial charge in [0.25, 0.3) is 10.0 Å². The molecule has 0 aliphatic heterocycles. The summed E-state index contributed by atoms with van der Waals surface area (Å²) in [6, 6.07) is 4.16. The van der Waals surface area contributed by atoms with Crippen molar-refractivity contribution >= 4 is 21.7 Å². The average molecular weight is 267 g/mol. The molecule has 3 N–H and O–H groups in total. The molecule has 0 unspecified atom stereocenters. The highest BCUT2D eigenvalue weighted by Gasteiger charge is 2.18. The van der Waals surface area contributed by atoms with E-state index >= 15 is 0 Å². The Labute approximate surface area is 103 Å². The number of pyridine rings is 1. The van der Waals surface area contributed by atoms with E-state index in [9.17, 15) is 13.2 Å². The third-order valence-electron chi connectivity index (χ3n) is 2.11. The van der Waals surface area contributed by atoms with E-state index in [1.807, 2.05) is 0 Å². The van der Waals surface area contributed by atoms with Crippen molar-refractivity contribution in [2.45, 2.75) is 4.90 Å². The molecule has 2 heterocycles. The summed E-state index contributed by atoms with van der Waals surface area (Å²) in [6.07, 6.45) is 3.97. The standard InChI is InChI=1S/C10H9N3O4S/c14-10(15)9-4-8(6-12-9)18(16,17)13-7-2-1-3-11-5-7/h1-6,12-13H,(H,14,15). The third-order valence-corrected chi connectivity index (χ3v) is 3.47. The number of nitrogens with one attached hydrogen (secondary N) is 2. The van der Waals surface area contributed by atoms with Crippen LogP contribution in [0.1, 0.15) is 10.5 Å². The van der Waals surface area contributed by atoms with Crippen molar-refractivity contribution in [1.82, 2.24) is 9.97 Å². The van der Waals surface area contributed by atoms with E-state index in [0.717, 1.165) is 12.3 Å². The number of hydrogen-bond donors (Lipinski definition) is 3. The predicted molar refractivity (Wildman–Crippen MR) is 62.8 cm³/mol. The van der Waals surface area contributed by atoms with E-state index in [4.69, 9.17) is 5.11 Å². The van der Waals surface area contributed by atoms with Gasteiger partial charge in [0.05, 0.1) is 11.9 Å². The van der Waals surface area contributed by atoms with Gasteiger partial charge < -0.3 is 10.1 Å². The normalized spacial score (nSPS) is 11.1. The summed E-state index contributed by atoms with van der Waals surface area (Å²) >= 11 is 0. The molecule has 0 aliphatic carbocycles. The number of aromatic carboxylic acids is 1. The lowest BCUT2D eigenvalue weighted by atomic mass is 10.4. The fourth-order valence-electron chi connectivity index (χ4n) is 1.29. The highest BCUT2D eigenvalue weighted by atomic mass is 32.2. The Balaban J connectivity index is 2.28. The van der Waals surface area contributed by atoms with Crippen LogP contribution in [0.15, 0.2) is 41.7 Å². The second kappa shape index (κ2) is 4.49. The summed E-state index contributed by atoms with van der Waals surface area (Å²) < 4.78 is 26.1. The zero-order valence-electron chi connectivity index (χ0n) is 8.99. The molecule has 94 valence electrons. The Kier molecular flexibility index (Phi) is 3.02. The second-order valence-corrected chi connectivity index (χ2v) is 5.08. The molecule has 0 saturated heterocycles. The Hall–Kier alpha value is -2.35. The number of anilines is 1. The van der Waals surface area contributed by atoms with Crippen molar-refractivity contribution < 1.29 is 18.3 Å². The average Bonchev–Trinajstić information content (AvgIpc) is 2.79. The van der Waals surface area contributed by atoms with E-state index in [2.05, 4.69) is 14.7 Å². The molecule has 0 amide bonds. The van der Waals surface area contributed by atoms with Gasteiger partial charge in [-0.05, 0) is 18.2 Å². The minimum Gasteiger partial charge on any atom is -0.477 e. The maximum absolute atomic E-state index is 11.9. The van der Waals surface area contributed by atoms with Crippen LogP contribution in [0, 0.1) is 0 Å². The van der Waals surface area contributed by atoms with Gasteiger partial charge in [-0.3, -0.25) is 9.71 Å². The smallest absolute Gasteiger partial charge is 0.352 e.